The molecule has 0 bridgehead atoms. The first-order valence-corrected chi connectivity index (χ1v) is 7.92. The molecule has 0 spiro atoms. The van der Waals surface area contributed by atoms with Crippen LogP contribution in [0.4, 0.5) is 0 Å². The van der Waals surface area contributed by atoms with E-state index in [0.29, 0.717) is 11.5 Å². The molecule has 0 radical (unpaired) electrons. The average Bonchev–Trinajstić information content (AvgIpc) is 2.65. The Bertz CT molecular complexity index is 757. The smallest absolute Gasteiger partial charge is 0.248 e. The zero-order valence-corrected chi connectivity index (χ0v) is 14.3. The van der Waals surface area contributed by atoms with E-state index in [9.17, 15) is 9.59 Å². The van der Waals surface area contributed by atoms with Gasteiger partial charge in [-0.15, -0.1) is 0 Å². The Hall–Kier alpha value is -3.08. The predicted molar refractivity (Wildman–Crippen MR) is 97.3 cm³/mol. The Morgan fingerprint density at radius 2 is 1.84 bits per heavy atom. The number of hydrogen-bond acceptors (Lipinski definition) is 4. The number of amides is 1. The third-order valence-corrected chi connectivity index (χ3v) is 3.51. The van der Waals surface area contributed by atoms with Gasteiger partial charge in [-0.2, -0.15) is 0 Å². The molecular weight excluding hydrogens is 318 g/mol. The second-order valence-electron chi connectivity index (χ2n) is 5.31. The van der Waals surface area contributed by atoms with Gasteiger partial charge in [-0.05, 0) is 48.8 Å². The van der Waals surface area contributed by atoms with Gasteiger partial charge in [-0.3, -0.25) is 9.59 Å². The minimum Gasteiger partial charge on any atom is -0.493 e. The van der Waals surface area contributed by atoms with E-state index >= 15 is 0 Å². The zero-order chi connectivity index (χ0) is 18.1. The maximum absolute atomic E-state index is 11.9. The molecule has 0 aromatic heterocycles. The molecule has 1 aliphatic rings. The molecule has 0 fully saturated rings. The minimum atomic E-state index is -0.328. The van der Waals surface area contributed by atoms with E-state index in [2.05, 4.69) is 5.32 Å². The van der Waals surface area contributed by atoms with E-state index < -0.39 is 0 Å². The second kappa shape index (κ2) is 9.27. The van der Waals surface area contributed by atoms with Crippen LogP contribution in [0.5, 0.6) is 11.5 Å². The van der Waals surface area contributed by atoms with Crippen LogP contribution < -0.4 is 14.8 Å². The van der Waals surface area contributed by atoms with Gasteiger partial charge in [0, 0.05) is 11.8 Å². The molecule has 5 nitrogen and oxygen atoms in total. The van der Waals surface area contributed by atoms with Crippen LogP contribution in [0.25, 0.3) is 6.08 Å². The molecule has 25 heavy (non-hydrogen) atoms. The zero-order valence-electron chi connectivity index (χ0n) is 14.3. The summed E-state index contributed by atoms with van der Waals surface area (Å²) in [6, 6.07) is 5.34. The molecule has 1 aromatic carbocycles. The monoisotopic (exact) mass is 339 g/mol. The number of allylic oxidation sites excluding steroid dienone is 5. The van der Waals surface area contributed by atoms with Gasteiger partial charge in [0.25, 0.3) is 0 Å². The highest BCUT2D eigenvalue weighted by molar-refractivity contribution is 6.05. The molecule has 1 amide bonds. The van der Waals surface area contributed by atoms with Crippen LogP contribution in [-0.2, 0) is 9.59 Å². The summed E-state index contributed by atoms with van der Waals surface area (Å²) in [7, 11) is 3.11. The Kier molecular flexibility index (Phi) is 6.77. The summed E-state index contributed by atoms with van der Waals surface area (Å²) >= 11 is 0. The molecule has 0 unspecified atom stereocenters. The van der Waals surface area contributed by atoms with E-state index in [1.165, 1.54) is 18.2 Å². The highest BCUT2D eigenvalue weighted by Gasteiger charge is 2.03. The molecule has 0 atom stereocenters. The number of methoxy groups -OCH3 is 2. The SMILES string of the molecule is COc1ccc(/C=C/C(=O)/C=C/C(=O)NC2=CCCC=C2)cc1OC. The lowest BCUT2D eigenvalue weighted by Crippen LogP contribution is -2.20. The molecule has 0 saturated carbocycles. The van der Waals surface area contributed by atoms with Gasteiger partial charge < -0.3 is 14.8 Å². The van der Waals surface area contributed by atoms with Crippen LogP contribution >= 0.6 is 0 Å². The van der Waals surface area contributed by atoms with Gasteiger partial charge in [0.15, 0.2) is 17.3 Å². The third kappa shape index (κ3) is 5.80. The maximum atomic E-state index is 11.9. The van der Waals surface area contributed by atoms with Gasteiger partial charge in [0.05, 0.1) is 14.2 Å². The van der Waals surface area contributed by atoms with E-state index in [1.54, 1.807) is 32.4 Å². The fourth-order valence-electron chi connectivity index (χ4n) is 2.24. The van der Waals surface area contributed by atoms with Gasteiger partial charge in [-0.25, -0.2) is 0 Å². The van der Waals surface area contributed by atoms with Crippen LogP contribution in [0.3, 0.4) is 0 Å². The quantitative estimate of drug-likeness (QED) is 0.775. The van der Waals surface area contributed by atoms with Gasteiger partial charge >= 0.3 is 0 Å². The lowest BCUT2D eigenvalue weighted by molar-refractivity contribution is -0.116. The van der Waals surface area contributed by atoms with Crippen molar-refractivity contribution < 1.29 is 19.1 Å². The van der Waals surface area contributed by atoms with Gasteiger partial charge in [-0.1, -0.05) is 24.3 Å². The van der Waals surface area contributed by atoms with E-state index in [-0.39, 0.29) is 11.7 Å². The summed E-state index contributed by atoms with van der Waals surface area (Å²) < 4.78 is 10.4. The standard InChI is InChI=1S/C20H21NO4/c1-24-18-12-9-15(14-19(18)25-2)8-10-17(22)11-13-20(23)21-16-6-4-3-5-7-16/h4,6-14H,3,5H2,1-2H3,(H,21,23)/b10-8+,13-11+. The van der Waals surface area contributed by atoms with E-state index in [0.717, 1.165) is 24.1 Å². The second-order valence-corrected chi connectivity index (χ2v) is 5.31. The van der Waals surface area contributed by atoms with Crippen molar-refractivity contribution in [2.75, 3.05) is 14.2 Å². The number of ether oxygens (including phenoxy) is 2. The summed E-state index contributed by atoms with van der Waals surface area (Å²) in [5.74, 6) is 0.596. The van der Waals surface area contributed by atoms with Crippen molar-refractivity contribution in [1.82, 2.24) is 5.32 Å². The summed E-state index contributed by atoms with van der Waals surface area (Å²) in [4.78, 5) is 23.6. The lowest BCUT2D eigenvalue weighted by atomic mass is 10.1. The number of hydrogen-bond donors (Lipinski definition) is 1. The first kappa shape index (κ1) is 18.3. The Labute approximate surface area is 147 Å². The van der Waals surface area contributed by atoms with Crippen molar-refractivity contribution in [1.29, 1.82) is 0 Å². The molecule has 1 aliphatic carbocycles. The van der Waals surface area contributed by atoms with Gasteiger partial charge in [0.2, 0.25) is 5.91 Å². The van der Waals surface area contributed by atoms with Crippen LogP contribution in [0.2, 0.25) is 0 Å². The number of carbonyl (C=O) groups excluding carboxylic acids is 2. The van der Waals surface area contributed by atoms with Gasteiger partial charge in [0.1, 0.15) is 0 Å². The molecule has 0 aliphatic heterocycles. The average molecular weight is 339 g/mol. The fourth-order valence-corrected chi connectivity index (χ4v) is 2.24. The van der Waals surface area contributed by atoms with Crippen molar-refractivity contribution in [2.24, 2.45) is 0 Å². The predicted octanol–water partition coefficient (Wildman–Crippen LogP) is 3.19. The maximum Gasteiger partial charge on any atom is 0.248 e. The number of carbonyl (C=O) groups is 2. The molecule has 1 N–H and O–H groups in total. The lowest BCUT2D eigenvalue weighted by Gasteiger charge is -2.07. The van der Waals surface area contributed by atoms with Crippen molar-refractivity contribution in [2.45, 2.75) is 12.8 Å². The molecule has 130 valence electrons. The number of rotatable bonds is 7. The Morgan fingerprint density at radius 1 is 1.04 bits per heavy atom. The summed E-state index contributed by atoms with van der Waals surface area (Å²) in [5.41, 5.74) is 1.55. The molecule has 5 heteroatoms. The molecule has 2 rings (SSSR count). The number of benzene rings is 1. The third-order valence-electron chi connectivity index (χ3n) is 3.51. The van der Waals surface area contributed by atoms with Crippen molar-refractivity contribution in [3.63, 3.8) is 0 Å². The van der Waals surface area contributed by atoms with Crippen LogP contribution in [0.1, 0.15) is 18.4 Å². The van der Waals surface area contributed by atoms with Crippen molar-refractivity contribution in [3.05, 3.63) is 65.9 Å². The van der Waals surface area contributed by atoms with Crippen LogP contribution in [0.15, 0.2) is 60.4 Å². The van der Waals surface area contributed by atoms with Crippen LogP contribution in [-0.4, -0.2) is 25.9 Å². The molecule has 0 saturated heterocycles. The summed E-state index contributed by atoms with van der Waals surface area (Å²) in [6.07, 6.45) is 13.2. The molecular formula is C20H21NO4. The van der Waals surface area contributed by atoms with Crippen molar-refractivity contribution in [3.8, 4) is 11.5 Å². The fraction of sp³-hybridized carbons (Fsp3) is 0.200. The normalized spacial score (nSPS) is 13.8. The Balaban J connectivity index is 1.92. The first-order valence-electron chi connectivity index (χ1n) is 7.92. The number of nitrogens with one attached hydrogen (secondary N) is 1. The minimum absolute atomic E-state index is 0.280. The molecule has 0 heterocycles. The van der Waals surface area contributed by atoms with Crippen molar-refractivity contribution >= 4 is 17.8 Å². The topological polar surface area (TPSA) is 64.6 Å². The number of ketones is 1. The first-order chi connectivity index (χ1) is 12.1. The molecule has 1 aromatic rings. The largest absolute Gasteiger partial charge is 0.493 e. The van der Waals surface area contributed by atoms with Crippen LogP contribution in [0, 0.1) is 0 Å². The highest BCUT2D eigenvalue weighted by Crippen LogP contribution is 2.27. The highest BCUT2D eigenvalue weighted by atomic mass is 16.5. The van der Waals surface area contributed by atoms with E-state index in [1.807, 2.05) is 24.3 Å². The summed E-state index contributed by atoms with van der Waals surface area (Å²) in [6.45, 7) is 0. The summed E-state index contributed by atoms with van der Waals surface area (Å²) in [5, 5.41) is 2.72. The Morgan fingerprint density at radius 3 is 2.52 bits per heavy atom. The van der Waals surface area contributed by atoms with E-state index in [4.69, 9.17) is 9.47 Å².